The third kappa shape index (κ3) is 3.87. The zero-order valence-electron chi connectivity index (χ0n) is 11.1. The lowest BCUT2D eigenvalue weighted by atomic mass is 10.3. The molecule has 1 aromatic heterocycles. The van der Waals surface area contributed by atoms with Crippen LogP contribution in [0.5, 0.6) is 0 Å². The van der Waals surface area contributed by atoms with Gasteiger partial charge in [0.2, 0.25) is 5.91 Å². The van der Waals surface area contributed by atoms with Gasteiger partial charge in [-0.15, -0.1) is 11.3 Å². The molecule has 106 valence electrons. The van der Waals surface area contributed by atoms with Crippen LogP contribution in [0.2, 0.25) is 0 Å². The van der Waals surface area contributed by atoms with Crippen molar-refractivity contribution in [2.75, 3.05) is 12.4 Å². The summed E-state index contributed by atoms with van der Waals surface area (Å²) in [7, 11) is -1.15. The van der Waals surface area contributed by atoms with E-state index in [2.05, 4.69) is 5.32 Å². The lowest BCUT2D eigenvalue weighted by Gasteiger charge is -2.15. The molecule has 19 heavy (non-hydrogen) atoms. The van der Waals surface area contributed by atoms with E-state index in [9.17, 15) is 9.00 Å². The molecule has 0 unspecified atom stereocenters. The van der Waals surface area contributed by atoms with E-state index in [0.29, 0.717) is 6.61 Å². The van der Waals surface area contributed by atoms with Crippen LogP contribution in [-0.2, 0) is 20.3 Å². The molecule has 0 spiro atoms. The maximum absolute atomic E-state index is 12.1. The van der Waals surface area contributed by atoms with Crippen molar-refractivity contribution in [1.29, 1.82) is 0 Å². The summed E-state index contributed by atoms with van der Waals surface area (Å²) in [6, 6.07) is 3.92. The summed E-state index contributed by atoms with van der Waals surface area (Å²) < 4.78 is 17.5. The predicted octanol–water partition coefficient (Wildman–Crippen LogP) is 1.85. The van der Waals surface area contributed by atoms with E-state index in [1.165, 1.54) is 0 Å². The number of hydrogen-bond acceptors (Lipinski definition) is 4. The van der Waals surface area contributed by atoms with E-state index in [-0.39, 0.29) is 29.1 Å². The minimum absolute atomic E-state index is 0.0108. The lowest BCUT2D eigenvalue weighted by Crippen LogP contribution is -2.35. The van der Waals surface area contributed by atoms with Crippen molar-refractivity contribution in [2.24, 2.45) is 0 Å². The number of carbonyl (C=O) groups excluding carboxylic acids is 1. The van der Waals surface area contributed by atoms with Crippen LogP contribution in [0.15, 0.2) is 17.5 Å². The van der Waals surface area contributed by atoms with Gasteiger partial charge in [-0.3, -0.25) is 9.00 Å². The summed E-state index contributed by atoms with van der Waals surface area (Å²) >= 11 is 1.61. The average molecular weight is 301 g/mol. The monoisotopic (exact) mass is 301 g/mol. The number of ether oxygens (including phenoxy) is 1. The van der Waals surface area contributed by atoms with Crippen molar-refractivity contribution in [3.8, 4) is 0 Å². The van der Waals surface area contributed by atoms with Crippen LogP contribution in [0.25, 0.3) is 0 Å². The summed E-state index contributed by atoms with van der Waals surface area (Å²) in [5, 5.41) is 4.86. The van der Waals surface area contributed by atoms with Gasteiger partial charge in [0.1, 0.15) is 5.75 Å². The van der Waals surface area contributed by atoms with Gasteiger partial charge < -0.3 is 10.1 Å². The normalized spacial score (nSPS) is 26.0. The molecule has 1 N–H and O–H groups in total. The second-order valence-corrected chi connectivity index (χ2v) is 7.37. The Labute approximate surface area is 120 Å². The molecule has 4 nitrogen and oxygen atoms in total. The topological polar surface area (TPSA) is 55.4 Å². The van der Waals surface area contributed by atoms with Gasteiger partial charge in [0.15, 0.2) is 0 Å². The first-order chi connectivity index (χ1) is 9.08. The van der Waals surface area contributed by atoms with Gasteiger partial charge in [0.05, 0.1) is 17.4 Å². The van der Waals surface area contributed by atoms with E-state index >= 15 is 0 Å². The van der Waals surface area contributed by atoms with Gasteiger partial charge in [-0.05, 0) is 31.7 Å². The van der Waals surface area contributed by atoms with Gasteiger partial charge in [-0.25, -0.2) is 0 Å². The number of hydrogen-bond donors (Lipinski definition) is 1. The van der Waals surface area contributed by atoms with Crippen molar-refractivity contribution >= 4 is 28.0 Å². The van der Waals surface area contributed by atoms with E-state index in [1.807, 2.05) is 31.4 Å². The van der Waals surface area contributed by atoms with E-state index in [0.717, 1.165) is 11.3 Å². The van der Waals surface area contributed by atoms with Gasteiger partial charge in [0.25, 0.3) is 0 Å². The van der Waals surface area contributed by atoms with Crippen molar-refractivity contribution < 1.29 is 13.7 Å². The first-order valence-electron chi connectivity index (χ1n) is 6.39. The standard InChI is InChI=1S/C13H19NO3S2/c1-9(11-4-3-7-18-11)14-13(15)8-19(16)12-5-6-17-10(12)2/h3-4,7,9-10,12H,5-6,8H2,1-2H3,(H,14,15)/t9-,10-,12+,19-/m0/s1. The first-order valence-corrected chi connectivity index (χ1v) is 8.65. The minimum atomic E-state index is -1.15. The predicted molar refractivity (Wildman–Crippen MR) is 77.7 cm³/mol. The molecule has 1 saturated heterocycles. The van der Waals surface area contributed by atoms with E-state index < -0.39 is 10.8 Å². The summed E-state index contributed by atoms with van der Waals surface area (Å²) in [6.45, 7) is 4.50. The van der Waals surface area contributed by atoms with E-state index in [1.54, 1.807) is 11.3 Å². The largest absolute Gasteiger partial charge is 0.377 e. The fourth-order valence-corrected chi connectivity index (χ4v) is 4.34. The molecule has 2 heterocycles. The van der Waals surface area contributed by atoms with Crippen LogP contribution < -0.4 is 5.32 Å². The maximum atomic E-state index is 12.1. The highest BCUT2D eigenvalue weighted by atomic mass is 32.2. The molecule has 4 atom stereocenters. The smallest absolute Gasteiger partial charge is 0.233 e. The van der Waals surface area contributed by atoms with Crippen molar-refractivity contribution in [1.82, 2.24) is 5.32 Å². The Morgan fingerprint density at radius 1 is 1.68 bits per heavy atom. The molecule has 1 amide bonds. The highest BCUT2D eigenvalue weighted by Gasteiger charge is 2.30. The van der Waals surface area contributed by atoms with Crippen LogP contribution in [0.4, 0.5) is 0 Å². The fourth-order valence-electron chi connectivity index (χ4n) is 2.19. The summed E-state index contributed by atoms with van der Waals surface area (Å²) in [5.41, 5.74) is 0. The Kier molecular flexibility index (Phi) is 5.13. The van der Waals surface area contributed by atoms with Crippen LogP contribution in [-0.4, -0.2) is 33.8 Å². The molecule has 2 rings (SSSR count). The highest BCUT2D eigenvalue weighted by Crippen LogP contribution is 2.20. The lowest BCUT2D eigenvalue weighted by molar-refractivity contribution is -0.119. The summed E-state index contributed by atoms with van der Waals surface area (Å²) in [4.78, 5) is 13.0. The summed E-state index contributed by atoms with van der Waals surface area (Å²) in [5.74, 6) is -0.0907. The Bertz CT molecular complexity index is 447. The minimum Gasteiger partial charge on any atom is -0.377 e. The van der Waals surface area contributed by atoms with Crippen LogP contribution in [0, 0.1) is 0 Å². The molecular formula is C13H19NO3S2. The SMILES string of the molecule is C[C@H](NC(=O)C[S@](=O)[C@@H]1CCO[C@H]1C)c1cccs1. The highest BCUT2D eigenvalue weighted by molar-refractivity contribution is 7.86. The van der Waals surface area contributed by atoms with Gasteiger partial charge in [-0.1, -0.05) is 6.07 Å². The second-order valence-electron chi connectivity index (χ2n) is 4.73. The van der Waals surface area contributed by atoms with Crippen molar-refractivity contribution in [3.63, 3.8) is 0 Å². The van der Waals surface area contributed by atoms with Crippen molar-refractivity contribution in [2.45, 2.75) is 37.7 Å². The molecule has 1 aliphatic heterocycles. The van der Waals surface area contributed by atoms with Gasteiger partial charge in [-0.2, -0.15) is 0 Å². The maximum Gasteiger partial charge on any atom is 0.233 e. The second kappa shape index (κ2) is 6.63. The van der Waals surface area contributed by atoms with Crippen LogP contribution in [0.1, 0.15) is 31.2 Å². The Morgan fingerprint density at radius 2 is 2.47 bits per heavy atom. The average Bonchev–Trinajstić information content (AvgIpc) is 2.98. The molecule has 0 aliphatic carbocycles. The molecule has 0 bridgehead atoms. The Balaban J connectivity index is 1.82. The van der Waals surface area contributed by atoms with E-state index in [4.69, 9.17) is 4.74 Å². The quantitative estimate of drug-likeness (QED) is 0.903. The van der Waals surface area contributed by atoms with Gasteiger partial charge in [0, 0.05) is 22.3 Å². The zero-order valence-corrected chi connectivity index (χ0v) is 12.8. The first kappa shape index (κ1) is 14.7. The summed E-state index contributed by atoms with van der Waals surface area (Å²) in [6.07, 6.45) is 0.769. The van der Waals surface area contributed by atoms with Crippen LogP contribution in [0.3, 0.4) is 0 Å². The number of thiophene rings is 1. The third-order valence-corrected chi connectivity index (χ3v) is 6.16. The molecule has 0 aromatic carbocycles. The molecule has 0 saturated carbocycles. The number of rotatable bonds is 5. The number of amides is 1. The molecule has 1 aliphatic rings. The third-order valence-electron chi connectivity index (χ3n) is 3.27. The van der Waals surface area contributed by atoms with Gasteiger partial charge >= 0.3 is 0 Å². The molecule has 1 fully saturated rings. The Morgan fingerprint density at radius 3 is 3.05 bits per heavy atom. The Hall–Kier alpha value is -0.720. The molecule has 1 aromatic rings. The van der Waals surface area contributed by atoms with Crippen LogP contribution >= 0.6 is 11.3 Å². The fraction of sp³-hybridized carbons (Fsp3) is 0.615. The number of nitrogens with one attached hydrogen (secondary N) is 1. The number of carbonyl (C=O) groups is 1. The van der Waals surface area contributed by atoms with Crippen molar-refractivity contribution in [3.05, 3.63) is 22.4 Å². The molecular weight excluding hydrogens is 282 g/mol. The molecule has 6 heteroatoms. The molecule has 0 radical (unpaired) electrons. The zero-order chi connectivity index (χ0) is 13.8.